The molecule has 0 saturated carbocycles. The minimum absolute atomic E-state index is 0.841. The quantitative estimate of drug-likeness (QED) is 0.168. The number of aromatic nitrogens is 2. The molecule has 3 nitrogen and oxygen atoms in total. The second-order valence-electron chi connectivity index (χ2n) is 15.5. The third-order valence-electron chi connectivity index (χ3n) is 12.2. The Bertz CT molecular complexity index is 3300. The van der Waals surface area contributed by atoms with Gasteiger partial charge in [0.15, 0.2) is 0 Å². The maximum Gasteiger partial charge on any atom is 0.137 e. The second kappa shape index (κ2) is 13.8. The molecule has 9 aromatic carbocycles. The van der Waals surface area contributed by atoms with Gasteiger partial charge in [-0.1, -0.05) is 170 Å². The fraction of sp³-hybridized carbons (Fsp3) is 0. The number of rotatable bonds is 6. The van der Waals surface area contributed by atoms with Crippen LogP contribution in [0.15, 0.2) is 225 Å². The highest BCUT2D eigenvalue weighted by Gasteiger charge is 2.25. The van der Waals surface area contributed by atoms with Crippen LogP contribution in [-0.2, 0) is 0 Å². The molecule has 1 aliphatic carbocycles. The van der Waals surface area contributed by atoms with E-state index in [2.05, 4.69) is 228 Å². The topological polar surface area (TPSA) is 21.1 Å². The smallest absolute Gasteiger partial charge is 0.137 e. The zero-order valence-corrected chi connectivity index (χ0v) is 32.7. The number of nitrogens with zero attached hydrogens (tertiary/aromatic N) is 3. The Morgan fingerprint density at radius 1 is 0.333 bits per heavy atom. The molecule has 2 heterocycles. The summed E-state index contributed by atoms with van der Waals surface area (Å²) in [5, 5.41) is 5.04. The van der Waals surface area contributed by atoms with E-state index in [4.69, 9.17) is 4.98 Å². The molecule has 0 radical (unpaired) electrons. The van der Waals surface area contributed by atoms with Gasteiger partial charge in [0.05, 0.1) is 22.9 Å². The molecule has 2 aromatic heterocycles. The maximum absolute atomic E-state index is 5.28. The molecule has 0 unspecified atom stereocenters. The molecule has 0 bridgehead atoms. The summed E-state index contributed by atoms with van der Waals surface area (Å²) in [6.45, 7) is 0. The van der Waals surface area contributed by atoms with E-state index in [0.29, 0.717) is 0 Å². The molecule has 60 heavy (non-hydrogen) atoms. The molecule has 0 saturated heterocycles. The van der Waals surface area contributed by atoms with Crippen molar-refractivity contribution in [3.05, 3.63) is 225 Å². The Morgan fingerprint density at radius 3 is 1.40 bits per heavy atom. The van der Waals surface area contributed by atoms with E-state index in [9.17, 15) is 0 Å². The summed E-state index contributed by atoms with van der Waals surface area (Å²) in [4.78, 5) is 7.52. The van der Waals surface area contributed by atoms with Gasteiger partial charge in [-0.2, -0.15) is 0 Å². The number of hydrogen-bond donors (Lipinski definition) is 0. The van der Waals surface area contributed by atoms with Crippen molar-refractivity contribution in [3.63, 3.8) is 0 Å². The number of pyridine rings is 1. The summed E-state index contributed by atoms with van der Waals surface area (Å²) in [6, 6.07) is 78.8. The molecule has 12 rings (SSSR count). The Morgan fingerprint density at radius 2 is 0.817 bits per heavy atom. The van der Waals surface area contributed by atoms with Crippen LogP contribution in [0.5, 0.6) is 0 Å². The van der Waals surface area contributed by atoms with Crippen LogP contribution >= 0.6 is 0 Å². The van der Waals surface area contributed by atoms with Crippen molar-refractivity contribution in [2.45, 2.75) is 0 Å². The molecule has 280 valence electrons. The fourth-order valence-corrected chi connectivity index (χ4v) is 9.48. The molecule has 0 spiro atoms. The first kappa shape index (κ1) is 34.1. The summed E-state index contributed by atoms with van der Waals surface area (Å²) >= 11 is 0. The lowest BCUT2D eigenvalue weighted by molar-refractivity contribution is 1.11. The van der Waals surface area contributed by atoms with E-state index in [1.54, 1.807) is 0 Å². The monoisotopic (exact) mass is 763 g/mol. The molecular formula is C57H37N3. The summed E-state index contributed by atoms with van der Waals surface area (Å²) in [7, 11) is 0. The van der Waals surface area contributed by atoms with Gasteiger partial charge in [0.1, 0.15) is 5.82 Å². The van der Waals surface area contributed by atoms with Crippen molar-refractivity contribution in [3.8, 4) is 61.3 Å². The van der Waals surface area contributed by atoms with Crippen molar-refractivity contribution in [1.29, 1.82) is 0 Å². The summed E-state index contributed by atoms with van der Waals surface area (Å²) in [6.07, 6.45) is 2.03. The van der Waals surface area contributed by atoms with Gasteiger partial charge >= 0.3 is 0 Å². The van der Waals surface area contributed by atoms with Gasteiger partial charge in [-0.15, -0.1) is 0 Å². The molecule has 0 fully saturated rings. The number of anilines is 3. The maximum atomic E-state index is 5.28. The molecule has 0 amide bonds. The molecule has 0 atom stereocenters. The predicted molar refractivity (Wildman–Crippen MR) is 252 cm³/mol. The van der Waals surface area contributed by atoms with Crippen LogP contribution in [0.2, 0.25) is 0 Å². The van der Waals surface area contributed by atoms with Crippen molar-refractivity contribution >= 4 is 49.8 Å². The highest BCUT2D eigenvalue weighted by atomic mass is 15.2. The largest absolute Gasteiger partial charge is 0.308 e. The minimum Gasteiger partial charge on any atom is -0.308 e. The molecule has 3 heteroatoms. The molecule has 11 aromatic rings. The van der Waals surface area contributed by atoms with Crippen molar-refractivity contribution in [2.24, 2.45) is 0 Å². The summed E-state index contributed by atoms with van der Waals surface area (Å²) in [5.41, 5.74) is 17.7. The molecule has 1 aliphatic rings. The van der Waals surface area contributed by atoms with E-state index in [1.165, 1.54) is 77.2 Å². The van der Waals surface area contributed by atoms with Crippen LogP contribution in [0.3, 0.4) is 0 Å². The van der Waals surface area contributed by atoms with Crippen LogP contribution in [0.1, 0.15) is 0 Å². The van der Waals surface area contributed by atoms with Gasteiger partial charge in [0, 0.05) is 22.1 Å². The first-order valence-corrected chi connectivity index (χ1v) is 20.5. The highest BCUT2D eigenvalue weighted by Crippen LogP contribution is 2.51. The minimum atomic E-state index is 0.841. The van der Waals surface area contributed by atoms with E-state index in [-0.39, 0.29) is 0 Å². The third-order valence-corrected chi connectivity index (χ3v) is 12.2. The third kappa shape index (κ3) is 5.40. The SMILES string of the molecule is c1ccc(-c2ccc(N(c3ccc(-c4ccccc4)cc3)c3ccc(-n4c5ccccc5c5c6cccc7c6c(cc54)-c4ccccc4-c4ccccc4-7)cn3)cc2)cc1. The lowest BCUT2D eigenvalue weighted by Gasteiger charge is -2.25. The van der Waals surface area contributed by atoms with Gasteiger partial charge in [-0.25, -0.2) is 4.98 Å². The van der Waals surface area contributed by atoms with Gasteiger partial charge in [-0.05, 0) is 115 Å². The van der Waals surface area contributed by atoms with E-state index >= 15 is 0 Å². The average Bonchev–Trinajstić information content (AvgIpc) is 3.61. The second-order valence-corrected chi connectivity index (χ2v) is 15.5. The molecular weight excluding hydrogens is 727 g/mol. The zero-order valence-electron chi connectivity index (χ0n) is 32.7. The Kier molecular flexibility index (Phi) is 7.85. The van der Waals surface area contributed by atoms with Gasteiger partial charge in [0.2, 0.25) is 0 Å². The number of benzene rings is 9. The average molecular weight is 764 g/mol. The summed E-state index contributed by atoms with van der Waals surface area (Å²) < 4.78 is 2.40. The standard InChI is InChI=1S/C57H37N3/c1-3-14-38(15-4-1)40-26-30-42(31-27-40)59(43-32-28-41(29-33-43)39-16-5-2-6-17-39)55-35-34-44(37-58-55)60-53-25-12-11-22-50(53)57-51-24-13-23-49-47-20-9-7-18-45(47)46-19-8-10-21-48(46)52(56(49)51)36-54(57)60/h1-37H. The zero-order chi connectivity index (χ0) is 39.6. The van der Waals surface area contributed by atoms with Crippen LogP contribution < -0.4 is 4.90 Å². The van der Waals surface area contributed by atoms with Crippen molar-refractivity contribution in [2.75, 3.05) is 4.90 Å². The van der Waals surface area contributed by atoms with Gasteiger partial charge in [0.25, 0.3) is 0 Å². The first-order valence-electron chi connectivity index (χ1n) is 20.5. The molecule has 0 aliphatic heterocycles. The van der Waals surface area contributed by atoms with E-state index in [0.717, 1.165) is 33.9 Å². The van der Waals surface area contributed by atoms with Crippen LogP contribution in [0, 0.1) is 0 Å². The van der Waals surface area contributed by atoms with E-state index < -0.39 is 0 Å². The number of fused-ring (bicyclic) bond motifs is 9. The van der Waals surface area contributed by atoms with Crippen LogP contribution in [0.25, 0.3) is 93.9 Å². The van der Waals surface area contributed by atoms with E-state index in [1.807, 2.05) is 6.20 Å². The lowest BCUT2D eigenvalue weighted by atomic mass is 9.91. The fourth-order valence-electron chi connectivity index (χ4n) is 9.48. The number of hydrogen-bond acceptors (Lipinski definition) is 2. The summed E-state index contributed by atoms with van der Waals surface area (Å²) in [5.74, 6) is 0.841. The highest BCUT2D eigenvalue weighted by molar-refractivity contribution is 6.28. The molecule has 0 N–H and O–H groups in total. The number of para-hydroxylation sites is 1. The van der Waals surface area contributed by atoms with Gasteiger partial charge in [-0.3, -0.25) is 4.90 Å². The van der Waals surface area contributed by atoms with Crippen LogP contribution in [-0.4, -0.2) is 9.55 Å². The predicted octanol–water partition coefficient (Wildman–Crippen LogP) is 15.5. The van der Waals surface area contributed by atoms with Crippen LogP contribution in [0.4, 0.5) is 17.2 Å². The Balaban J connectivity index is 1.03. The lowest BCUT2D eigenvalue weighted by Crippen LogP contribution is -2.11. The normalized spacial score (nSPS) is 11.7. The van der Waals surface area contributed by atoms with Crippen molar-refractivity contribution in [1.82, 2.24) is 9.55 Å². The Labute approximate surface area is 348 Å². The first-order chi connectivity index (χ1) is 29.8. The van der Waals surface area contributed by atoms with Gasteiger partial charge < -0.3 is 4.57 Å². The Hall–Kier alpha value is -8.01. The van der Waals surface area contributed by atoms with Crippen molar-refractivity contribution < 1.29 is 0 Å².